The Bertz CT molecular complexity index is 1150. The molecule has 0 bridgehead atoms. The molecule has 0 spiro atoms. The summed E-state index contributed by atoms with van der Waals surface area (Å²) in [6, 6.07) is -0.882. The standard InChI is InChI=1S/C61H123N2O6P/c1-6-8-10-12-14-16-18-20-22-23-24-25-26-27-28-29-30-31-32-33-34-35-36-37-38-39-41-43-45-47-49-51-53-55-61(65)62-59(58-69-70(66,67)68-57-56-63(3,4)5)60(64)54-52-50-48-46-44-42-40-21-19-17-15-13-11-9-7-2/h52,54,59-60,64H,6-51,53,55-58H2,1-5H3,(H-,62,65,66,67)/b54-52+. The first kappa shape index (κ1) is 69.2. The Morgan fingerprint density at radius 2 is 0.771 bits per heavy atom. The van der Waals surface area contributed by atoms with Crippen LogP contribution in [0.2, 0.25) is 0 Å². The van der Waals surface area contributed by atoms with Crippen LogP contribution in [-0.2, 0) is 18.4 Å². The Kier molecular flexibility index (Phi) is 52.5. The van der Waals surface area contributed by atoms with E-state index in [0.717, 1.165) is 38.5 Å². The van der Waals surface area contributed by atoms with Gasteiger partial charge in [-0.05, 0) is 19.3 Å². The minimum atomic E-state index is -4.59. The van der Waals surface area contributed by atoms with Crippen molar-refractivity contribution in [1.29, 1.82) is 0 Å². The molecule has 8 nitrogen and oxygen atoms in total. The van der Waals surface area contributed by atoms with Crippen LogP contribution in [0.3, 0.4) is 0 Å². The molecule has 0 aliphatic rings. The van der Waals surface area contributed by atoms with Gasteiger partial charge in [-0.15, -0.1) is 0 Å². The Labute approximate surface area is 437 Å². The van der Waals surface area contributed by atoms with E-state index in [2.05, 4.69) is 19.2 Å². The summed E-state index contributed by atoms with van der Waals surface area (Å²) in [6.45, 7) is 4.70. The number of likely N-dealkylation sites (N-methyl/N-ethyl adjacent to an activating group) is 1. The van der Waals surface area contributed by atoms with E-state index in [4.69, 9.17) is 9.05 Å². The summed E-state index contributed by atoms with van der Waals surface area (Å²) in [5, 5.41) is 13.9. The predicted molar refractivity (Wildman–Crippen MR) is 302 cm³/mol. The van der Waals surface area contributed by atoms with Crippen LogP contribution in [0, 0.1) is 0 Å². The number of allylic oxidation sites excluding steroid dienone is 1. The smallest absolute Gasteiger partial charge is 0.268 e. The van der Waals surface area contributed by atoms with E-state index < -0.39 is 20.0 Å². The van der Waals surface area contributed by atoms with Crippen LogP contribution in [0.15, 0.2) is 12.2 Å². The van der Waals surface area contributed by atoms with Crippen LogP contribution in [-0.4, -0.2) is 68.5 Å². The lowest BCUT2D eigenvalue weighted by molar-refractivity contribution is -0.870. The molecule has 9 heteroatoms. The van der Waals surface area contributed by atoms with Gasteiger partial charge in [0, 0.05) is 6.42 Å². The SMILES string of the molecule is CCCCCCCCCCCCCCC/C=C/C(O)C(COP(=O)([O-])OCC[N+](C)(C)C)NC(=O)CCCCCCCCCCCCCCCCCCCCCCCCCCCCCCCCCCC. The third-order valence-electron chi connectivity index (χ3n) is 14.5. The van der Waals surface area contributed by atoms with Crippen LogP contribution in [0.25, 0.3) is 0 Å². The molecule has 70 heavy (non-hydrogen) atoms. The maximum Gasteiger partial charge on any atom is 0.268 e. The Morgan fingerprint density at radius 3 is 1.07 bits per heavy atom. The highest BCUT2D eigenvalue weighted by Crippen LogP contribution is 2.38. The van der Waals surface area contributed by atoms with E-state index in [9.17, 15) is 19.4 Å². The van der Waals surface area contributed by atoms with Crippen molar-refractivity contribution in [3.63, 3.8) is 0 Å². The van der Waals surface area contributed by atoms with Crippen LogP contribution < -0.4 is 10.2 Å². The zero-order valence-corrected chi connectivity index (χ0v) is 48.6. The lowest BCUT2D eigenvalue weighted by Crippen LogP contribution is -2.45. The number of aliphatic hydroxyl groups excluding tert-OH is 1. The van der Waals surface area contributed by atoms with Gasteiger partial charge in [-0.3, -0.25) is 9.36 Å². The molecule has 3 unspecified atom stereocenters. The molecule has 1 amide bonds. The first-order chi connectivity index (χ1) is 34.0. The van der Waals surface area contributed by atoms with Gasteiger partial charge in [0.05, 0.1) is 39.9 Å². The summed E-state index contributed by atoms with van der Waals surface area (Å²) in [7, 11) is 1.28. The number of quaternary nitrogens is 1. The third-order valence-corrected chi connectivity index (χ3v) is 15.5. The zero-order chi connectivity index (χ0) is 51.3. The van der Waals surface area contributed by atoms with Gasteiger partial charge in [0.15, 0.2) is 0 Å². The lowest BCUT2D eigenvalue weighted by atomic mass is 10.0. The number of carbonyl (C=O) groups excluding carboxylic acids is 1. The van der Waals surface area contributed by atoms with E-state index in [-0.39, 0.29) is 19.1 Å². The molecule has 0 saturated heterocycles. The summed E-state index contributed by atoms with van der Waals surface area (Å²) < 4.78 is 23.3. The number of phosphoric ester groups is 1. The Morgan fingerprint density at radius 1 is 0.486 bits per heavy atom. The van der Waals surface area contributed by atoms with Crippen LogP contribution >= 0.6 is 7.82 Å². The number of aliphatic hydroxyl groups is 1. The van der Waals surface area contributed by atoms with Crippen molar-refractivity contribution >= 4 is 13.7 Å². The van der Waals surface area contributed by atoms with E-state index in [1.54, 1.807) is 6.08 Å². The van der Waals surface area contributed by atoms with Crippen LogP contribution in [0.1, 0.15) is 322 Å². The second-order valence-electron chi connectivity index (χ2n) is 22.8. The minimum Gasteiger partial charge on any atom is -0.756 e. The minimum absolute atomic E-state index is 0.00259. The van der Waals surface area contributed by atoms with Crippen molar-refractivity contribution in [2.24, 2.45) is 0 Å². The van der Waals surface area contributed by atoms with Gasteiger partial charge in [0.1, 0.15) is 13.2 Å². The van der Waals surface area contributed by atoms with Crippen molar-refractivity contribution in [1.82, 2.24) is 5.32 Å². The molecular weight excluding hydrogens is 888 g/mol. The fourth-order valence-electron chi connectivity index (χ4n) is 9.63. The average Bonchev–Trinajstić information content (AvgIpc) is 3.32. The summed E-state index contributed by atoms with van der Waals surface area (Å²) in [5.74, 6) is -0.190. The molecule has 0 heterocycles. The van der Waals surface area contributed by atoms with Crippen molar-refractivity contribution in [3.05, 3.63) is 12.2 Å². The Hall–Kier alpha value is -0.760. The number of hydrogen-bond acceptors (Lipinski definition) is 6. The van der Waals surface area contributed by atoms with Gasteiger partial charge >= 0.3 is 0 Å². The number of nitrogens with one attached hydrogen (secondary N) is 1. The van der Waals surface area contributed by atoms with Crippen molar-refractivity contribution in [2.45, 2.75) is 334 Å². The van der Waals surface area contributed by atoms with E-state index in [0.29, 0.717) is 17.4 Å². The summed E-state index contributed by atoms with van der Waals surface area (Å²) in [5.41, 5.74) is 0. The second kappa shape index (κ2) is 53.1. The van der Waals surface area contributed by atoms with Crippen molar-refractivity contribution < 1.29 is 32.9 Å². The molecular formula is C61H123N2O6P. The molecule has 418 valence electrons. The van der Waals surface area contributed by atoms with Gasteiger partial charge in [0.2, 0.25) is 5.91 Å². The maximum absolute atomic E-state index is 13.0. The second-order valence-corrected chi connectivity index (χ2v) is 24.2. The largest absolute Gasteiger partial charge is 0.756 e. The van der Waals surface area contributed by atoms with Gasteiger partial charge in [-0.1, -0.05) is 309 Å². The molecule has 2 N–H and O–H groups in total. The fourth-order valence-corrected chi connectivity index (χ4v) is 10.4. The number of phosphoric acid groups is 1. The summed E-state index contributed by atoms with van der Waals surface area (Å²) >= 11 is 0. The summed E-state index contributed by atoms with van der Waals surface area (Å²) in [4.78, 5) is 25.5. The number of carbonyl (C=O) groups is 1. The summed E-state index contributed by atoms with van der Waals surface area (Å²) in [6.07, 6.45) is 66.0. The van der Waals surface area contributed by atoms with E-state index >= 15 is 0 Å². The molecule has 0 aromatic carbocycles. The number of hydrogen-bond donors (Lipinski definition) is 2. The zero-order valence-electron chi connectivity index (χ0n) is 47.8. The molecule has 0 rings (SSSR count). The number of amides is 1. The molecule has 0 aromatic heterocycles. The van der Waals surface area contributed by atoms with Crippen LogP contribution in [0.4, 0.5) is 0 Å². The topological polar surface area (TPSA) is 108 Å². The van der Waals surface area contributed by atoms with E-state index in [1.165, 1.54) is 263 Å². The molecule has 0 saturated carbocycles. The fraction of sp³-hybridized carbons (Fsp3) is 0.951. The van der Waals surface area contributed by atoms with Gasteiger partial charge in [-0.25, -0.2) is 0 Å². The number of unbranched alkanes of at least 4 members (excludes halogenated alkanes) is 45. The first-order valence-corrected chi connectivity index (χ1v) is 32.5. The molecule has 0 aliphatic heterocycles. The number of rotatable bonds is 58. The van der Waals surface area contributed by atoms with Crippen LogP contribution in [0.5, 0.6) is 0 Å². The van der Waals surface area contributed by atoms with Gasteiger partial charge < -0.3 is 28.8 Å². The quantitative estimate of drug-likeness (QED) is 0.0272. The highest BCUT2D eigenvalue weighted by Gasteiger charge is 2.23. The molecule has 3 atom stereocenters. The molecule has 0 fully saturated rings. The van der Waals surface area contributed by atoms with Crippen molar-refractivity contribution in [3.8, 4) is 0 Å². The molecule has 0 aromatic rings. The van der Waals surface area contributed by atoms with Crippen molar-refractivity contribution in [2.75, 3.05) is 40.9 Å². The monoisotopic (exact) mass is 1010 g/mol. The third kappa shape index (κ3) is 55.0. The lowest BCUT2D eigenvalue weighted by Gasteiger charge is -2.29. The Balaban J connectivity index is 3.96. The van der Waals surface area contributed by atoms with Gasteiger partial charge in [-0.2, -0.15) is 0 Å². The highest BCUT2D eigenvalue weighted by atomic mass is 31.2. The number of nitrogens with zero attached hydrogens (tertiary/aromatic N) is 1. The first-order valence-electron chi connectivity index (χ1n) is 31.1. The molecule has 0 aliphatic carbocycles. The van der Waals surface area contributed by atoms with E-state index in [1.807, 2.05) is 27.2 Å². The average molecular weight is 1010 g/mol. The highest BCUT2D eigenvalue weighted by molar-refractivity contribution is 7.45. The molecule has 0 radical (unpaired) electrons. The maximum atomic E-state index is 13.0. The normalized spacial score (nSPS) is 13.9. The van der Waals surface area contributed by atoms with Gasteiger partial charge in [0.25, 0.3) is 7.82 Å². The predicted octanol–water partition coefficient (Wildman–Crippen LogP) is 18.4.